The van der Waals surface area contributed by atoms with Crippen molar-refractivity contribution < 1.29 is 9.53 Å². The summed E-state index contributed by atoms with van der Waals surface area (Å²) in [4.78, 5) is 32.2. The van der Waals surface area contributed by atoms with Crippen molar-refractivity contribution in [3.63, 3.8) is 0 Å². The molecule has 0 unspecified atom stereocenters. The Morgan fingerprint density at radius 2 is 2.36 bits per heavy atom. The Bertz CT molecular complexity index is 798. The number of aromatic amines is 1. The van der Waals surface area contributed by atoms with Crippen molar-refractivity contribution in [2.24, 2.45) is 5.73 Å². The highest BCUT2D eigenvalue weighted by molar-refractivity contribution is 7.99. The number of hydrogen-bond acceptors (Lipinski definition) is 6. The fourth-order valence-corrected chi connectivity index (χ4v) is 4.25. The monoisotopic (exact) mass is 339 g/mol. The fraction of sp³-hybridized carbons (Fsp3) is 0.500. The quantitative estimate of drug-likeness (QED) is 0.654. The first-order valence-corrected chi connectivity index (χ1v) is 8.81. The summed E-state index contributed by atoms with van der Waals surface area (Å²) in [6.07, 6.45) is 1.61. The highest BCUT2D eigenvalue weighted by Crippen LogP contribution is 2.38. The minimum Gasteiger partial charge on any atom is -0.369 e. The van der Waals surface area contributed by atoms with Gasteiger partial charge in [-0.15, -0.1) is 11.3 Å². The molecule has 0 saturated carbocycles. The van der Waals surface area contributed by atoms with E-state index in [1.165, 1.54) is 11.3 Å². The number of nitrogens with one attached hydrogen (secondary N) is 1. The van der Waals surface area contributed by atoms with Gasteiger partial charge in [-0.1, -0.05) is 18.7 Å². The van der Waals surface area contributed by atoms with Gasteiger partial charge < -0.3 is 15.5 Å². The Kier molecular flexibility index (Phi) is 4.00. The third kappa shape index (κ3) is 2.78. The number of ether oxygens (including phenoxy) is 1. The van der Waals surface area contributed by atoms with Gasteiger partial charge in [-0.2, -0.15) is 0 Å². The van der Waals surface area contributed by atoms with Crippen LogP contribution in [0.4, 0.5) is 0 Å². The molecule has 0 spiro atoms. The number of H-pyrrole nitrogens is 1. The van der Waals surface area contributed by atoms with Gasteiger partial charge in [0.1, 0.15) is 4.83 Å². The molecule has 0 radical (unpaired) electrons. The average molecular weight is 339 g/mol. The summed E-state index contributed by atoms with van der Waals surface area (Å²) in [6, 6.07) is 0. The van der Waals surface area contributed by atoms with Crippen molar-refractivity contribution >= 4 is 39.2 Å². The van der Waals surface area contributed by atoms with Crippen molar-refractivity contribution in [2.75, 3.05) is 5.75 Å². The molecule has 3 N–H and O–H groups in total. The lowest BCUT2D eigenvalue weighted by Gasteiger charge is -2.32. The van der Waals surface area contributed by atoms with Crippen molar-refractivity contribution in [2.45, 2.75) is 44.1 Å². The topological polar surface area (TPSA) is 98.1 Å². The number of carbonyl (C=O) groups is 1. The van der Waals surface area contributed by atoms with E-state index in [1.807, 2.05) is 0 Å². The number of hydrogen-bond donors (Lipinski definition) is 2. The van der Waals surface area contributed by atoms with E-state index in [2.05, 4.69) is 23.8 Å². The molecule has 0 fully saturated rings. The zero-order valence-electron chi connectivity index (χ0n) is 12.4. The number of fused-ring (bicyclic) bond motifs is 3. The number of thiophene rings is 1. The lowest BCUT2D eigenvalue weighted by Crippen LogP contribution is -2.34. The van der Waals surface area contributed by atoms with E-state index < -0.39 is 5.91 Å². The molecule has 1 aliphatic rings. The second-order valence-corrected chi connectivity index (χ2v) is 7.63. The van der Waals surface area contributed by atoms with Crippen LogP contribution < -0.4 is 11.3 Å². The summed E-state index contributed by atoms with van der Waals surface area (Å²) >= 11 is 2.63. The molecule has 6 nitrogen and oxygen atoms in total. The average Bonchev–Trinajstić information content (AvgIpc) is 2.83. The minimum absolute atomic E-state index is 0.0938. The summed E-state index contributed by atoms with van der Waals surface area (Å²) in [6.45, 7) is 4.67. The molecule has 0 aromatic carbocycles. The lowest BCUT2D eigenvalue weighted by atomic mass is 9.90. The Morgan fingerprint density at radius 3 is 3.05 bits per heavy atom. The summed E-state index contributed by atoms with van der Waals surface area (Å²) in [5.41, 5.74) is 5.79. The fourth-order valence-electron chi connectivity index (χ4n) is 2.49. The second-order valence-electron chi connectivity index (χ2n) is 5.58. The van der Waals surface area contributed by atoms with E-state index in [0.29, 0.717) is 22.0 Å². The Balaban J connectivity index is 2.04. The number of aromatic nitrogens is 2. The van der Waals surface area contributed by atoms with Gasteiger partial charge in [0.2, 0.25) is 5.91 Å². The molecular formula is C14H17N3O3S2. The van der Waals surface area contributed by atoms with E-state index in [-0.39, 0.29) is 16.9 Å². The molecule has 2 aromatic rings. The summed E-state index contributed by atoms with van der Waals surface area (Å²) in [5.74, 6) is -0.346. The summed E-state index contributed by atoms with van der Waals surface area (Å²) < 4.78 is 5.92. The summed E-state index contributed by atoms with van der Waals surface area (Å²) in [7, 11) is 0. The highest BCUT2D eigenvalue weighted by atomic mass is 32.2. The van der Waals surface area contributed by atoms with Gasteiger partial charge in [0.25, 0.3) is 5.56 Å². The van der Waals surface area contributed by atoms with Crippen LogP contribution in [0, 0.1) is 0 Å². The first kappa shape index (κ1) is 15.5. The van der Waals surface area contributed by atoms with Crippen molar-refractivity contribution in [3.05, 3.63) is 20.8 Å². The first-order chi connectivity index (χ1) is 10.4. The molecule has 8 heteroatoms. The SMILES string of the molecule is CC[C@]1(C)Cc2c(sc3nc(SCC(N)=O)[nH]c(=O)c23)CO1. The zero-order valence-corrected chi connectivity index (χ0v) is 14.0. The predicted octanol–water partition coefficient (Wildman–Crippen LogP) is 1.80. The Morgan fingerprint density at radius 1 is 1.59 bits per heavy atom. The van der Waals surface area contributed by atoms with Gasteiger partial charge in [0.15, 0.2) is 5.16 Å². The van der Waals surface area contributed by atoms with E-state index >= 15 is 0 Å². The number of nitrogens with zero attached hydrogens (tertiary/aromatic N) is 1. The maximum atomic E-state index is 12.4. The standard InChI is InChI=1S/C14H17N3O3S2/c1-3-14(2)4-7-8(5-20-14)22-12-10(7)11(19)16-13(17-12)21-6-9(15)18/h3-6H2,1-2H3,(H2,15,18)(H,16,17,19)/t14-/m1/s1. The third-order valence-corrected chi connectivity index (χ3v) is 5.92. The van der Waals surface area contributed by atoms with Gasteiger partial charge in [0.05, 0.1) is 23.3 Å². The molecule has 22 heavy (non-hydrogen) atoms. The molecule has 0 aliphatic carbocycles. The van der Waals surface area contributed by atoms with Gasteiger partial charge >= 0.3 is 0 Å². The highest BCUT2D eigenvalue weighted by Gasteiger charge is 2.32. The molecule has 0 saturated heterocycles. The Labute approximate surface area is 135 Å². The molecule has 3 rings (SSSR count). The number of nitrogens with two attached hydrogens (primary N) is 1. The molecule has 0 bridgehead atoms. The largest absolute Gasteiger partial charge is 0.369 e. The summed E-state index contributed by atoms with van der Waals surface area (Å²) in [5, 5.41) is 1.08. The van der Waals surface area contributed by atoms with Gasteiger partial charge in [-0.3, -0.25) is 9.59 Å². The van der Waals surface area contributed by atoms with Crippen molar-refractivity contribution in [3.8, 4) is 0 Å². The van der Waals surface area contributed by atoms with E-state index in [1.54, 1.807) is 0 Å². The third-order valence-electron chi connectivity index (χ3n) is 3.92. The lowest BCUT2D eigenvalue weighted by molar-refractivity contribution is -0.115. The molecule has 118 valence electrons. The smallest absolute Gasteiger partial charge is 0.260 e. The van der Waals surface area contributed by atoms with E-state index in [0.717, 1.165) is 35.0 Å². The van der Waals surface area contributed by atoms with Crippen LogP contribution in [0.15, 0.2) is 9.95 Å². The zero-order chi connectivity index (χ0) is 15.9. The maximum absolute atomic E-state index is 12.4. The van der Waals surface area contributed by atoms with Gasteiger partial charge in [-0.25, -0.2) is 4.98 Å². The van der Waals surface area contributed by atoms with Crippen LogP contribution in [0.3, 0.4) is 0 Å². The van der Waals surface area contributed by atoms with Gasteiger partial charge in [0, 0.05) is 11.3 Å². The maximum Gasteiger partial charge on any atom is 0.260 e. The Hall–Kier alpha value is -1.38. The van der Waals surface area contributed by atoms with Crippen LogP contribution in [0.2, 0.25) is 0 Å². The normalized spacial score (nSPS) is 21.0. The number of thioether (sulfide) groups is 1. The molecule has 3 heterocycles. The number of primary amides is 1. The van der Waals surface area contributed by atoms with Crippen LogP contribution in [0.25, 0.3) is 10.2 Å². The van der Waals surface area contributed by atoms with Crippen LogP contribution >= 0.6 is 23.1 Å². The number of carbonyl (C=O) groups excluding carboxylic acids is 1. The van der Waals surface area contributed by atoms with Crippen LogP contribution in [0.1, 0.15) is 30.7 Å². The van der Waals surface area contributed by atoms with Crippen LogP contribution in [-0.2, 0) is 22.6 Å². The number of rotatable bonds is 4. The molecule has 1 aliphatic heterocycles. The first-order valence-electron chi connectivity index (χ1n) is 7.01. The van der Waals surface area contributed by atoms with Crippen LogP contribution in [-0.4, -0.2) is 27.2 Å². The van der Waals surface area contributed by atoms with Crippen molar-refractivity contribution in [1.82, 2.24) is 9.97 Å². The molecule has 2 aromatic heterocycles. The molecular weight excluding hydrogens is 322 g/mol. The van der Waals surface area contributed by atoms with Crippen LogP contribution in [0.5, 0.6) is 0 Å². The molecule has 1 atom stereocenters. The van der Waals surface area contributed by atoms with Gasteiger partial charge in [-0.05, 0) is 18.9 Å². The minimum atomic E-state index is -0.440. The van der Waals surface area contributed by atoms with E-state index in [4.69, 9.17) is 10.5 Å². The van der Waals surface area contributed by atoms with Crippen molar-refractivity contribution in [1.29, 1.82) is 0 Å². The van der Waals surface area contributed by atoms with E-state index in [9.17, 15) is 9.59 Å². The second kappa shape index (κ2) is 5.68. The molecule has 1 amide bonds. The predicted molar refractivity (Wildman–Crippen MR) is 87.3 cm³/mol. The number of amides is 1.